The van der Waals surface area contributed by atoms with Crippen molar-refractivity contribution in [3.8, 4) is 0 Å². The fourth-order valence-corrected chi connectivity index (χ4v) is 9.27. The topological polar surface area (TPSA) is 60.4 Å². The molecule has 5 heteroatoms. The number of benzene rings is 1. The van der Waals surface area contributed by atoms with Crippen LogP contribution in [0.4, 0.5) is 0 Å². The van der Waals surface area contributed by atoms with Gasteiger partial charge in [-0.15, -0.1) is 0 Å². The van der Waals surface area contributed by atoms with Crippen LogP contribution in [-0.4, -0.2) is 20.3 Å². The lowest BCUT2D eigenvalue weighted by Crippen LogP contribution is -2.54. The second-order valence-corrected chi connectivity index (χ2v) is 12.9. The highest BCUT2D eigenvalue weighted by atomic mass is 32.2. The standard InChI is InChI=1S/C26H36O4S/c1-17-4-7-20(8-5-17)31(28,29)30-24-11-10-22-21-9-6-18-16-19(27)12-14-25(18,2)23(21)13-15-26(22,24)3/h4-5,7-8,18,21-24H,6,9-16H2,1-3H3/t18-,21-,22-,23+,24+,25+,26+/m1/s1. The third kappa shape index (κ3) is 3.42. The van der Waals surface area contributed by atoms with E-state index in [2.05, 4.69) is 13.8 Å². The van der Waals surface area contributed by atoms with Gasteiger partial charge in [0.15, 0.2) is 0 Å². The fourth-order valence-electron chi connectivity index (χ4n) is 8.07. The van der Waals surface area contributed by atoms with E-state index >= 15 is 0 Å². The highest BCUT2D eigenvalue weighted by Crippen LogP contribution is 2.66. The largest absolute Gasteiger partial charge is 0.300 e. The minimum absolute atomic E-state index is 0.0768. The molecule has 0 bridgehead atoms. The minimum Gasteiger partial charge on any atom is -0.300 e. The van der Waals surface area contributed by atoms with Gasteiger partial charge >= 0.3 is 0 Å². The molecule has 0 aliphatic heterocycles. The summed E-state index contributed by atoms with van der Waals surface area (Å²) >= 11 is 0. The summed E-state index contributed by atoms with van der Waals surface area (Å²) in [6.45, 7) is 6.69. The van der Waals surface area contributed by atoms with Crippen molar-refractivity contribution >= 4 is 15.9 Å². The zero-order chi connectivity index (χ0) is 22.0. The normalized spacial score (nSPS) is 42.5. The Kier molecular flexibility index (Phi) is 5.17. The Morgan fingerprint density at radius 3 is 2.35 bits per heavy atom. The van der Waals surface area contributed by atoms with E-state index in [0.29, 0.717) is 29.5 Å². The molecule has 170 valence electrons. The van der Waals surface area contributed by atoms with E-state index in [1.165, 1.54) is 6.42 Å². The summed E-state index contributed by atoms with van der Waals surface area (Å²) in [7, 11) is -3.75. The van der Waals surface area contributed by atoms with Gasteiger partial charge in [0.25, 0.3) is 10.1 Å². The van der Waals surface area contributed by atoms with Gasteiger partial charge in [-0.05, 0) is 98.5 Å². The van der Waals surface area contributed by atoms with Crippen LogP contribution < -0.4 is 0 Å². The van der Waals surface area contributed by atoms with Crippen LogP contribution in [0.5, 0.6) is 0 Å². The van der Waals surface area contributed by atoms with Crippen molar-refractivity contribution in [1.29, 1.82) is 0 Å². The van der Waals surface area contributed by atoms with E-state index in [9.17, 15) is 13.2 Å². The number of carbonyl (C=O) groups excluding carboxylic acids is 1. The molecule has 0 amide bonds. The van der Waals surface area contributed by atoms with Crippen molar-refractivity contribution in [1.82, 2.24) is 0 Å². The molecule has 1 aromatic rings. The first-order chi connectivity index (χ1) is 14.6. The maximum Gasteiger partial charge on any atom is 0.297 e. The molecule has 5 rings (SSSR count). The molecule has 0 N–H and O–H groups in total. The third-order valence-corrected chi connectivity index (χ3v) is 11.3. The maximum atomic E-state index is 13.0. The summed E-state index contributed by atoms with van der Waals surface area (Å²) in [4.78, 5) is 12.4. The number of aryl methyl sites for hydroxylation is 1. The zero-order valence-corrected chi connectivity index (χ0v) is 19.9. The second-order valence-electron chi connectivity index (χ2n) is 11.4. The van der Waals surface area contributed by atoms with Crippen molar-refractivity contribution in [3.05, 3.63) is 29.8 Å². The Balaban J connectivity index is 1.37. The molecule has 4 aliphatic rings. The lowest BCUT2D eigenvalue weighted by Gasteiger charge is -2.60. The van der Waals surface area contributed by atoms with Gasteiger partial charge in [-0.2, -0.15) is 8.42 Å². The van der Waals surface area contributed by atoms with Crippen molar-refractivity contribution in [3.63, 3.8) is 0 Å². The molecule has 4 fully saturated rings. The SMILES string of the molecule is Cc1ccc(S(=O)(=O)O[C@H]2CC[C@@H]3[C@H]4CC[C@@H]5CC(=O)CC[C@]5(C)[C@H]4CC[C@]23C)cc1. The van der Waals surface area contributed by atoms with Gasteiger partial charge in [-0.3, -0.25) is 8.98 Å². The van der Waals surface area contributed by atoms with E-state index in [0.717, 1.165) is 56.9 Å². The molecule has 0 saturated heterocycles. The number of ketones is 1. The first-order valence-corrected chi connectivity index (χ1v) is 13.6. The molecular formula is C26H36O4S. The number of hydrogen-bond donors (Lipinski definition) is 0. The van der Waals surface area contributed by atoms with Crippen LogP contribution in [0.3, 0.4) is 0 Å². The number of Topliss-reactive ketones (excluding diaryl/α,β-unsaturated/α-hetero) is 1. The lowest BCUT2D eigenvalue weighted by molar-refractivity contribution is -0.140. The second kappa shape index (κ2) is 7.41. The predicted octanol–water partition coefficient (Wildman–Crippen LogP) is 5.68. The van der Waals surface area contributed by atoms with Gasteiger partial charge in [0.2, 0.25) is 0 Å². The summed E-state index contributed by atoms with van der Waals surface area (Å²) in [6.07, 6.45) is 8.75. The van der Waals surface area contributed by atoms with Gasteiger partial charge in [0.1, 0.15) is 5.78 Å². The van der Waals surface area contributed by atoms with Crippen LogP contribution in [0.1, 0.15) is 77.2 Å². The molecule has 4 saturated carbocycles. The minimum atomic E-state index is -3.75. The molecule has 1 aromatic carbocycles. The summed E-state index contributed by atoms with van der Waals surface area (Å²) in [6, 6.07) is 6.97. The summed E-state index contributed by atoms with van der Waals surface area (Å²) in [5, 5.41) is 0. The molecule has 4 nitrogen and oxygen atoms in total. The highest BCUT2D eigenvalue weighted by molar-refractivity contribution is 7.86. The molecule has 0 radical (unpaired) electrons. The number of hydrogen-bond acceptors (Lipinski definition) is 4. The first kappa shape index (κ1) is 21.6. The molecule has 7 atom stereocenters. The fraction of sp³-hybridized carbons (Fsp3) is 0.731. The molecular weight excluding hydrogens is 408 g/mol. The summed E-state index contributed by atoms with van der Waals surface area (Å²) < 4.78 is 32.0. The molecule has 0 spiro atoms. The van der Waals surface area contributed by atoms with Crippen LogP contribution in [0.2, 0.25) is 0 Å². The van der Waals surface area contributed by atoms with Gasteiger partial charge in [-0.25, -0.2) is 0 Å². The van der Waals surface area contributed by atoms with E-state index in [-0.39, 0.29) is 21.8 Å². The number of carbonyl (C=O) groups is 1. The molecule has 0 aromatic heterocycles. The Morgan fingerprint density at radius 1 is 0.903 bits per heavy atom. The van der Waals surface area contributed by atoms with Gasteiger partial charge in [0, 0.05) is 12.8 Å². The van der Waals surface area contributed by atoms with Crippen molar-refractivity contribution in [2.45, 2.75) is 89.6 Å². The van der Waals surface area contributed by atoms with Crippen LogP contribution in [-0.2, 0) is 19.1 Å². The molecule has 31 heavy (non-hydrogen) atoms. The van der Waals surface area contributed by atoms with Crippen LogP contribution in [0.25, 0.3) is 0 Å². The maximum absolute atomic E-state index is 13.0. The van der Waals surface area contributed by atoms with E-state index < -0.39 is 10.1 Å². The van der Waals surface area contributed by atoms with E-state index in [1.54, 1.807) is 12.1 Å². The summed E-state index contributed by atoms with van der Waals surface area (Å²) in [5.41, 5.74) is 1.25. The van der Waals surface area contributed by atoms with Crippen molar-refractivity contribution in [2.24, 2.45) is 34.5 Å². The Morgan fingerprint density at radius 2 is 1.61 bits per heavy atom. The van der Waals surface area contributed by atoms with Crippen molar-refractivity contribution < 1.29 is 17.4 Å². The van der Waals surface area contributed by atoms with Crippen LogP contribution in [0, 0.1) is 41.4 Å². The highest BCUT2D eigenvalue weighted by Gasteiger charge is 2.61. The van der Waals surface area contributed by atoms with Gasteiger partial charge < -0.3 is 0 Å². The van der Waals surface area contributed by atoms with Crippen LogP contribution >= 0.6 is 0 Å². The summed E-state index contributed by atoms with van der Waals surface area (Å²) in [5.74, 6) is 2.85. The lowest BCUT2D eigenvalue weighted by atomic mass is 9.45. The predicted molar refractivity (Wildman–Crippen MR) is 120 cm³/mol. The molecule has 0 unspecified atom stereocenters. The Bertz CT molecular complexity index is 968. The Hall–Kier alpha value is -1.20. The van der Waals surface area contributed by atoms with Gasteiger partial charge in [0.05, 0.1) is 11.0 Å². The molecule has 0 heterocycles. The average molecular weight is 445 g/mol. The van der Waals surface area contributed by atoms with E-state index in [4.69, 9.17) is 4.18 Å². The average Bonchev–Trinajstić information content (AvgIpc) is 3.04. The molecule has 4 aliphatic carbocycles. The monoisotopic (exact) mass is 444 g/mol. The quantitative estimate of drug-likeness (QED) is 0.563. The Labute approximate surface area is 187 Å². The zero-order valence-electron chi connectivity index (χ0n) is 19.1. The van der Waals surface area contributed by atoms with Crippen LogP contribution in [0.15, 0.2) is 29.2 Å². The van der Waals surface area contributed by atoms with Gasteiger partial charge in [-0.1, -0.05) is 31.5 Å². The third-order valence-electron chi connectivity index (χ3n) is 9.95. The smallest absolute Gasteiger partial charge is 0.297 e. The van der Waals surface area contributed by atoms with E-state index in [1.807, 2.05) is 19.1 Å². The first-order valence-electron chi connectivity index (χ1n) is 12.2. The number of rotatable bonds is 3. The van der Waals surface area contributed by atoms with Crippen molar-refractivity contribution in [2.75, 3.05) is 0 Å². The number of fused-ring (bicyclic) bond motifs is 5.